The molecule has 0 saturated carbocycles. The van der Waals surface area contributed by atoms with Crippen LogP contribution >= 0.6 is 31.3 Å². The van der Waals surface area contributed by atoms with E-state index in [2.05, 4.69) is 36.4 Å². The number of ether oxygens (including phenoxy) is 5. The van der Waals surface area contributed by atoms with E-state index < -0.39 is 138 Å². The second-order valence-electron chi connectivity index (χ2n) is 22.9. The van der Waals surface area contributed by atoms with Crippen molar-refractivity contribution >= 4 is 107 Å². The highest BCUT2D eigenvalue weighted by Gasteiger charge is 2.47. The van der Waals surface area contributed by atoms with E-state index in [0.29, 0.717) is 12.0 Å². The Kier molecular flexibility index (Phi) is 17.0. The first-order valence-electron chi connectivity index (χ1n) is 29.2. The topological polar surface area (TPSA) is 310 Å². The Bertz CT molecular complexity index is 4180. The summed E-state index contributed by atoms with van der Waals surface area (Å²) in [6, 6.07) is 40.5. The summed E-state index contributed by atoms with van der Waals surface area (Å²) in [5.74, 6) is 0. The summed E-state index contributed by atoms with van der Waals surface area (Å²) < 4.78 is 128. The number of aliphatic hydroxyl groups excluding tert-OH is 2. The van der Waals surface area contributed by atoms with Gasteiger partial charge in [0.15, 0.2) is 0 Å². The molecule has 88 heavy (non-hydrogen) atoms. The van der Waals surface area contributed by atoms with Gasteiger partial charge in [-0.05, 0) is 93.0 Å². The lowest BCUT2D eigenvalue weighted by Crippen LogP contribution is -2.32. The van der Waals surface area contributed by atoms with Gasteiger partial charge in [-0.1, -0.05) is 121 Å². The molecule has 0 spiro atoms. The van der Waals surface area contributed by atoms with Crippen molar-refractivity contribution < 1.29 is 108 Å². The molecule has 5 saturated heterocycles. The van der Waals surface area contributed by atoms with Gasteiger partial charge in [-0.15, -0.1) is 0 Å². The molecule has 5 heterocycles. The monoisotopic (exact) mass is 1290 g/mol. The van der Waals surface area contributed by atoms with Crippen LogP contribution in [0, 0.1) is 0 Å². The highest BCUT2D eigenvalue weighted by atomic mass is 31.2. The van der Waals surface area contributed by atoms with Crippen LogP contribution in [0.1, 0.15) is 55.4 Å². The molecule has 16 atom stereocenters. The Morgan fingerprint density at radius 3 is 1.32 bits per heavy atom. The molecular formula is C61H64O23P4. The quantitative estimate of drug-likeness (QED) is 0.0197. The molecule has 14 rings (SSSR count). The second-order valence-corrected chi connectivity index (χ2v) is 28.5. The average molecular weight is 1290 g/mol. The third-order valence-electron chi connectivity index (χ3n) is 17.6. The highest BCUT2D eigenvalue weighted by molar-refractivity contribution is 7.48. The van der Waals surface area contributed by atoms with Crippen LogP contribution in [-0.4, -0.2) is 144 Å². The third kappa shape index (κ3) is 12.3. The van der Waals surface area contributed by atoms with Crippen molar-refractivity contribution in [3.63, 3.8) is 0 Å². The zero-order valence-corrected chi connectivity index (χ0v) is 50.7. The largest absolute Gasteiger partial charge is 0.472 e. The van der Waals surface area contributed by atoms with Crippen molar-refractivity contribution in [3.8, 4) is 0 Å². The summed E-state index contributed by atoms with van der Waals surface area (Å²) in [5, 5.41) is 35.0. The Labute approximate surface area is 503 Å². The van der Waals surface area contributed by atoms with E-state index >= 15 is 0 Å². The van der Waals surface area contributed by atoms with E-state index in [1.54, 1.807) is 0 Å². The Morgan fingerprint density at radius 1 is 0.386 bits per heavy atom. The van der Waals surface area contributed by atoms with Crippen molar-refractivity contribution in [3.05, 3.63) is 132 Å². The minimum absolute atomic E-state index is 0.0103. The summed E-state index contributed by atoms with van der Waals surface area (Å²) in [4.78, 5) is 44.2. The second kappa shape index (κ2) is 24.5. The SMILES string of the molecule is O=P(O)(OC[C@H]1O[C@@H](c2ccc3ccc4cccc5ccc2c3c45)C[C@@H]1OP(=O)(O)OC[C@H]1OCC[C@@H]1OP(=O)(O)OC[C@H]1OCC[C@@H]1O)O[C@H]1CCO[C@@H]1COP(=O)(O)O[C@H]1C[C@H](c2ccc3c4cccc5cccc(c6cccc2c63)c54)O[C@@H]1CO. The predicted molar refractivity (Wildman–Crippen MR) is 321 cm³/mol. The van der Waals surface area contributed by atoms with Gasteiger partial charge in [-0.3, -0.25) is 36.2 Å². The van der Waals surface area contributed by atoms with Crippen LogP contribution < -0.4 is 0 Å². The molecule has 6 N–H and O–H groups in total. The maximum atomic E-state index is 13.9. The van der Waals surface area contributed by atoms with Gasteiger partial charge in [0.1, 0.15) is 54.9 Å². The van der Waals surface area contributed by atoms with Crippen molar-refractivity contribution in [2.75, 3.05) is 52.9 Å². The molecule has 466 valence electrons. The van der Waals surface area contributed by atoms with Crippen LogP contribution in [0.25, 0.3) is 75.4 Å². The van der Waals surface area contributed by atoms with Gasteiger partial charge < -0.3 is 53.5 Å². The smallest absolute Gasteiger partial charge is 0.394 e. The van der Waals surface area contributed by atoms with Crippen molar-refractivity contribution in [1.29, 1.82) is 0 Å². The predicted octanol–water partition coefficient (Wildman–Crippen LogP) is 10.7. The highest BCUT2D eigenvalue weighted by Crippen LogP contribution is 2.55. The Hall–Kier alpha value is -4.52. The van der Waals surface area contributed by atoms with E-state index in [1.807, 2.05) is 84.9 Å². The van der Waals surface area contributed by atoms with Crippen LogP contribution in [0.4, 0.5) is 0 Å². The number of fused-ring (bicyclic) bond motifs is 2. The van der Waals surface area contributed by atoms with Crippen LogP contribution in [-0.2, 0) is 78.1 Å². The molecule has 0 bridgehead atoms. The average Bonchev–Trinajstić information content (AvgIpc) is 0.842. The normalized spacial score (nSPS) is 29.8. The van der Waals surface area contributed by atoms with E-state index in [1.165, 1.54) is 5.39 Å². The van der Waals surface area contributed by atoms with E-state index in [4.69, 9.17) is 59.9 Å². The lowest BCUT2D eigenvalue weighted by molar-refractivity contribution is -0.0409. The molecule has 4 unspecified atom stereocenters. The lowest BCUT2D eigenvalue weighted by atomic mass is 9.87. The first kappa shape index (κ1) is 61.0. The Morgan fingerprint density at radius 2 is 0.761 bits per heavy atom. The van der Waals surface area contributed by atoms with Gasteiger partial charge in [0, 0.05) is 45.5 Å². The zero-order chi connectivity index (χ0) is 60.7. The Balaban J connectivity index is 0.631. The number of phosphoric ester groups is 4. The van der Waals surface area contributed by atoms with E-state index in [9.17, 15) is 48.0 Å². The van der Waals surface area contributed by atoms with Gasteiger partial charge in [0.05, 0.1) is 51.3 Å². The number of rotatable bonds is 23. The van der Waals surface area contributed by atoms with Crippen molar-refractivity contribution in [2.45, 2.75) is 105 Å². The molecule has 0 aliphatic carbocycles. The zero-order valence-electron chi connectivity index (χ0n) is 47.1. The molecule has 5 fully saturated rings. The summed E-state index contributed by atoms with van der Waals surface area (Å²) in [5.41, 5.74) is 1.52. The maximum absolute atomic E-state index is 13.9. The van der Waals surface area contributed by atoms with Crippen molar-refractivity contribution in [1.82, 2.24) is 0 Å². The number of hydrogen-bond donors (Lipinski definition) is 6. The van der Waals surface area contributed by atoms with Crippen LogP contribution in [0.5, 0.6) is 0 Å². The van der Waals surface area contributed by atoms with Crippen LogP contribution in [0.15, 0.2) is 121 Å². The molecule has 5 aliphatic rings. The first-order chi connectivity index (χ1) is 42.4. The molecule has 0 radical (unpaired) electrons. The minimum atomic E-state index is -5.08. The fraction of sp³-hybridized carbons (Fsp3) is 0.410. The van der Waals surface area contributed by atoms with Gasteiger partial charge in [-0.25, -0.2) is 18.3 Å². The van der Waals surface area contributed by atoms with E-state index in [-0.39, 0.29) is 45.5 Å². The first-order valence-corrected chi connectivity index (χ1v) is 35.2. The molecule has 27 heteroatoms. The lowest BCUT2D eigenvalue weighted by Gasteiger charge is -2.26. The summed E-state index contributed by atoms with van der Waals surface area (Å²) in [6.07, 6.45) is -11.9. The molecule has 0 amide bonds. The number of aliphatic hydroxyl groups is 2. The van der Waals surface area contributed by atoms with E-state index in [0.717, 1.165) is 75.6 Å². The fourth-order valence-corrected chi connectivity index (χ4v) is 17.3. The molecular weight excluding hydrogens is 1220 g/mol. The van der Waals surface area contributed by atoms with Gasteiger partial charge in [-0.2, -0.15) is 0 Å². The summed E-state index contributed by atoms with van der Waals surface area (Å²) in [6.45, 7) is -2.60. The van der Waals surface area contributed by atoms with Gasteiger partial charge in [0.2, 0.25) is 0 Å². The molecule has 9 aromatic carbocycles. The maximum Gasteiger partial charge on any atom is 0.472 e. The number of phosphoric acid groups is 4. The van der Waals surface area contributed by atoms with Crippen LogP contribution in [0.3, 0.4) is 0 Å². The summed E-state index contributed by atoms with van der Waals surface area (Å²) in [7, 11) is -19.8. The number of benzene rings is 9. The number of hydrogen-bond acceptors (Lipinski definition) is 19. The molecule has 0 aromatic heterocycles. The fourth-order valence-electron chi connectivity index (χ4n) is 13.4. The summed E-state index contributed by atoms with van der Waals surface area (Å²) >= 11 is 0. The minimum Gasteiger partial charge on any atom is -0.394 e. The van der Waals surface area contributed by atoms with Gasteiger partial charge >= 0.3 is 31.3 Å². The molecule has 23 nitrogen and oxygen atoms in total. The third-order valence-corrected chi connectivity index (χ3v) is 21.6. The van der Waals surface area contributed by atoms with Crippen molar-refractivity contribution in [2.24, 2.45) is 0 Å². The standard InChI is InChI=1S/C61H64O23P4/c62-29-53-51(27-49(79-53)39-19-20-45-42-10-3-8-34-7-2-9-41(59(34)42)43-12-4-11-40(39)61(43)45)83-87(68,69)76-31-55-48(23-26-73-55)82-86(66,67)78-33-57-52(28-50(80-57)38-17-15-37-14-13-35-5-1-6-36-16-18-44(38)60(37)58(35)36)84-88(70,71)77-32-56-47(22-25-74-56)81-85(64,65)75-30-54-46(63)21-24-72-54/h1-20,46-57,62-63H,21-33H2,(H,64,65)(H,66,67)(H,68,69)(H,70,71)/t46-,47-,48-,49+,50+,51-,52-,53+,54+,55+,56+,57+/m0/s1. The van der Waals surface area contributed by atoms with Gasteiger partial charge in [0.25, 0.3) is 0 Å². The molecule has 5 aliphatic heterocycles. The molecule has 9 aromatic rings. The van der Waals surface area contributed by atoms with Crippen LogP contribution in [0.2, 0.25) is 0 Å².